The summed E-state index contributed by atoms with van der Waals surface area (Å²) in [5, 5.41) is 8.54. The summed E-state index contributed by atoms with van der Waals surface area (Å²) in [6.07, 6.45) is 2.18. The number of carbonyl (C=O) groups excluding carboxylic acids is 1. The topological polar surface area (TPSA) is 72.5 Å². The van der Waals surface area contributed by atoms with Crippen molar-refractivity contribution in [2.45, 2.75) is 39.2 Å². The van der Waals surface area contributed by atoms with Crippen molar-refractivity contribution in [2.24, 2.45) is 11.7 Å². The second-order valence-electron chi connectivity index (χ2n) is 3.82. The van der Waals surface area contributed by atoms with Crippen LogP contribution in [0.4, 0.5) is 0 Å². The van der Waals surface area contributed by atoms with Crippen molar-refractivity contribution in [1.82, 2.24) is 0 Å². The van der Waals surface area contributed by atoms with Gasteiger partial charge in [0.1, 0.15) is 6.04 Å². The molecule has 14 heavy (non-hydrogen) atoms. The average molecular weight is 203 g/mol. The first-order valence-electron chi connectivity index (χ1n) is 5.11. The molecular formula is C10H21NO3. The molecule has 0 rings (SSSR count). The van der Waals surface area contributed by atoms with Gasteiger partial charge in [-0.3, -0.25) is 4.79 Å². The fourth-order valence-electron chi connectivity index (χ4n) is 1.03. The fraction of sp³-hybridized carbons (Fsp3) is 0.900. The molecule has 0 saturated heterocycles. The van der Waals surface area contributed by atoms with Crippen LogP contribution in [0.25, 0.3) is 0 Å². The Morgan fingerprint density at radius 2 is 2.07 bits per heavy atom. The monoisotopic (exact) mass is 203 g/mol. The smallest absolute Gasteiger partial charge is 0.322 e. The lowest BCUT2D eigenvalue weighted by Gasteiger charge is -2.10. The van der Waals surface area contributed by atoms with E-state index in [0.717, 1.165) is 12.8 Å². The molecule has 0 aliphatic carbocycles. The minimum Gasteiger partial charge on any atom is -0.465 e. The minimum atomic E-state index is -0.681. The van der Waals surface area contributed by atoms with E-state index in [4.69, 9.17) is 15.6 Å². The van der Waals surface area contributed by atoms with Crippen LogP contribution in [-0.2, 0) is 9.53 Å². The summed E-state index contributed by atoms with van der Waals surface area (Å²) in [5.41, 5.74) is 5.44. The van der Waals surface area contributed by atoms with Crippen LogP contribution in [0, 0.1) is 5.92 Å². The molecule has 0 spiro atoms. The molecule has 0 amide bonds. The quantitative estimate of drug-likeness (QED) is 0.471. The third-order valence-corrected chi connectivity index (χ3v) is 1.91. The zero-order valence-corrected chi connectivity index (χ0v) is 9.03. The van der Waals surface area contributed by atoms with E-state index in [0.29, 0.717) is 12.5 Å². The molecule has 0 aliphatic rings. The predicted octanol–water partition coefficient (Wildman–Crippen LogP) is 0.676. The second-order valence-corrected chi connectivity index (χ2v) is 3.82. The van der Waals surface area contributed by atoms with Crippen molar-refractivity contribution in [3.8, 4) is 0 Å². The molecule has 0 unspecified atom stereocenters. The van der Waals surface area contributed by atoms with Gasteiger partial charge in [0, 0.05) is 6.61 Å². The normalized spacial score (nSPS) is 12.9. The van der Waals surface area contributed by atoms with Gasteiger partial charge in [-0.15, -0.1) is 0 Å². The molecule has 84 valence electrons. The fourth-order valence-corrected chi connectivity index (χ4v) is 1.03. The molecule has 4 nitrogen and oxygen atoms in total. The lowest BCUT2D eigenvalue weighted by atomic mass is 10.1. The largest absolute Gasteiger partial charge is 0.465 e. The first-order chi connectivity index (χ1) is 6.57. The number of carbonyl (C=O) groups is 1. The SMILES string of the molecule is CC(C)CCCOC(=O)[C@@H](N)CCO. The average Bonchev–Trinajstić information content (AvgIpc) is 2.12. The van der Waals surface area contributed by atoms with Crippen LogP contribution >= 0.6 is 0 Å². The van der Waals surface area contributed by atoms with Crippen LogP contribution in [0.5, 0.6) is 0 Å². The molecule has 0 radical (unpaired) electrons. The van der Waals surface area contributed by atoms with Gasteiger partial charge in [-0.25, -0.2) is 0 Å². The molecule has 0 aliphatic heterocycles. The Bertz CT molecular complexity index is 159. The maximum atomic E-state index is 11.1. The van der Waals surface area contributed by atoms with E-state index >= 15 is 0 Å². The van der Waals surface area contributed by atoms with Crippen LogP contribution in [0.2, 0.25) is 0 Å². The molecule has 0 aromatic heterocycles. The Hall–Kier alpha value is -0.610. The van der Waals surface area contributed by atoms with Crippen molar-refractivity contribution in [3.63, 3.8) is 0 Å². The number of rotatable bonds is 7. The summed E-state index contributed by atoms with van der Waals surface area (Å²) in [7, 11) is 0. The van der Waals surface area contributed by atoms with Gasteiger partial charge in [0.15, 0.2) is 0 Å². The zero-order chi connectivity index (χ0) is 11.0. The summed E-state index contributed by atoms with van der Waals surface area (Å²) in [4.78, 5) is 11.1. The van der Waals surface area contributed by atoms with E-state index in [2.05, 4.69) is 13.8 Å². The van der Waals surface area contributed by atoms with Crippen LogP contribution < -0.4 is 5.73 Å². The van der Waals surface area contributed by atoms with Crippen molar-refractivity contribution in [2.75, 3.05) is 13.2 Å². The summed E-state index contributed by atoms with van der Waals surface area (Å²) in [5.74, 6) is 0.211. The van der Waals surface area contributed by atoms with E-state index in [-0.39, 0.29) is 13.0 Å². The van der Waals surface area contributed by atoms with Gasteiger partial charge < -0.3 is 15.6 Å². The standard InChI is InChI=1S/C10H21NO3/c1-8(2)4-3-7-14-10(13)9(11)5-6-12/h8-9,12H,3-7,11H2,1-2H3/t9-/m0/s1. The van der Waals surface area contributed by atoms with E-state index in [1.54, 1.807) is 0 Å². The number of hydrogen-bond donors (Lipinski definition) is 2. The van der Waals surface area contributed by atoms with Gasteiger partial charge >= 0.3 is 5.97 Å². The summed E-state index contributed by atoms with van der Waals surface area (Å²) in [6, 6.07) is -0.681. The maximum Gasteiger partial charge on any atom is 0.322 e. The number of aliphatic hydroxyl groups is 1. The zero-order valence-electron chi connectivity index (χ0n) is 9.03. The molecule has 4 heteroatoms. The van der Waals surface area contributed by atoms with E-state index < -0.39 is 12.0 Å². The minimum absolute atomic E-state index is 0.0811. The molecule has 3 N–H and O–H groups in total. The van der Waals surface area contributed by atoms with Gasteiger partial charge in [-0.05, 0) is 25.2 Å². The Morgan fingerprint density at radius 1 is 1.43 bits per heavy atom. The molecule has 0 heterocycles. The van der Waals surface area contributed by atoms with Gasteiger partial charge in [0.2, 0.25) is 0 Å². The van der Waals surface area contributed by atoms with Gasteiger partial charge in [-0.1, -0.05) is 13.8 Å². The number of aliphatic hydroxyl groups excluding tert-OH is 1. The van der Waals surface area contributed by atoms with Crippen molar-refractivity contribution in [1.29, 1.82) is 0 Å². The number of ether oxygens (including phenoxy) is 1. The van der Waals surface area contributed by atoms with Gasteiger partial charge in [-0.2, -0.15) is 0 Å². The van der Waals surface area contributed by atoms with Crippen LogP contribution in [0.3, 0.4) is 0 Å². The Balaban J connectivity index is 3.44. The highest BCUT2D eigenvalue weighted by Gasteiger charge is 2.13. The summed E-state index contributed by atoms with van der Waals surface area (Å²) < 4.78 is 4.93. The molecular weight excluding hydrogens is 182 g/mol. The van der Waals surface area contributed by atoms with E-state index in [1.807, 2.05) is 0 Å². The van der Waals surface area contributed by atoms with Crippen LogP contribution in [-0.4, -0.2) is 30.3 Å². The second kappa shape index (κ2) is 7.76. The van der Waals surface area contributed by atoms with Crippen molar-refractivity contribution >= 4 is 5.97 Å². The Morgan fingerprint density at radius 3 is 2.57 bits per heavy atom. The summed E-state index contributed by atoms with van der Waals surface area (Å²) >= 11 is 0. The number of esters is 1. The molecule has 0 bridgehead atoms. The number of nitrogens with two attached hydrogens (primary N) is 1. The van der Waals surface area contributed by atoms with E-state index in [9.17, 15) is 4.79 Å². The third kappa shape index (κ3) is 6.86. The lowest BCUT2D eigenvalue weighted by molar-refractivity contribution is -0.145. The van der Waals surface area contributed by atoms with Crippen molar-refractivity contribution in [3.05, 3.63) is 0 Å². The molecule has 0 aromatic rings. The maximum absolute atomic E-state index is 11.1. The molecule has 0 fully saturated rings. The highest BCUT2D eigenvalue weighted by molar-refractivity contribution is 5.75. The number of hydrogen-bond acceptors (Lipinski definition) is 4. The van der Waals surface area contributed by atoms with Gasteiger partial charge in [0.25, 0.3) is 0 Å². The first kappa shape index (κ1) is 13.4. The lowest BCUT2D eigenvalue weighted by Crippen LogP contribution is -2.33. The van der Waals surface area contributed by atoms with Crippen LogP contribution in [0.15, 0.2) is 0 Å². The first-order valence-corrected chi connectivity index (χ1v) is 5.11. The third-order valence-electron chi connectivity index (χ3n) is 1.91. The Labute approximate surface area is 85.4 Å². The molecule has 0 aromatic carbocycles. The predicted molar refractivity (Wildman–Crippen MR) is 54.7 cm³/mol. The van der Waals surface area contributed by atoms with Crippen LogP contribution in [0.1, 0.15) is 33.1 Å². The van der Waals surface area contributed by atoms with Crippen molar-refractivity contribution < 1.29 is 14.6 Å². The highest BCUT2D eigenvalue weighted by atomic mass is 16.5. The highest BCUT2D eigenvalue weighted by Crippen LogP contribution is 2.03. The Kier molecular flexibility index (Phi) is 7.42. The molecule has 1 atom stereocenters. The van der Waals surface area contributed by atoms with E-state index in [1.165, 1.54) is 0 Å². The van der Waals surface area contributed by atoms with Gasteiger partial charge in [0.05, 0.1) is 6.61 Å². The molecule has 0 saturated carbocycles. The summed E-state index contributed by atoms with van der Waals surface area (Å²) in [6.45, 7) is 4.59.